The molecule has 2 aromatic rings. The van der Waals surface area contributed by atoms with Crippen molar-refractivity contribution in [2.24, 2.45) is 0 Å². The summed E-state index contributed by atoms with van der Waals surface area (Å²) in [5, 5.41) is 11.5. The van der Waals surface area contributed by atoms with Gasteiger partial charge in [-0.15, -0.1) is 11.8 Å². The van der Waals surface area contributed by atoms with Gasteiger partial charge in [0.2, 0.25) is 0 Å². The van der Waals surface area contributed by atoms with Crippen LogP contribution in [0.25, 0.3) is 17.1 Å². The van der Waals surface area contributed by atoms with Gasteiger partial charge in [-0.3, -0.25) is 9.69 Å². The van der Waals surface area contributed by atoms with E-state index in [-0.39, 0.29) is 17.0 Å². The van der Waals surface area contributed by atoms with Crippen molar-refractivity contribution in [3.8, 4) is 0 Å². The zero-order valence-electron chi connectivity index (χ0n) is 12.3. The molecule has 1 aromatic heterocycles. The minimum absolute atomic E-state index is 0.0632. The Kier molecular flexibility index (Phi) is 2.90. The molecule has 3 aliphatic rings. The van der Waals surface area contributed by atoms with Gasteiger partial charge in [0.25, 0.3) is 5.91 Å². The number of aliphatic carboxylic acids is 1. The molecule has 5 rings (SSSR count). The second kappa shape index (κ2) is 4.90. The second-order valence-corrected chi connectivity index (χ2v) is 7.73. The normalized spacial score (nSPS) is 23.4. The van der Waals surface area contributed by atoms with Crippen LogP contribution in [-0.4, -0.2) is 42.6 Å². The largest absolute Gasteiger partial charge is 0.477 e. The summed E-state index contributed by atoms with van der Waals surface area (Å²) in [5.74, 6) is -0.252. The van der Waals surface area contributed by atoms with E-state index in [2.05, 4.69) is 9.55 Å². The predicted molar refractivity (Wildman–Crippen MR) is 92.4 cm³/mol. The van der Waals surface area contributed by atoms with Crippen LogP contribution < -0.4 is 0 Å². The Bertz CT molecular complexity index is 992. The fourth-order valence-corrected chi connectivity index (χ4v) is 5.29. The summed E-state index contributed by atoms with van der Waals surface area (Å²) >= 11 is 3.11. The standard InChI is InChI=1S/C16H11N3O3S2/c20-13-9(14-19(13)12(7-24-14)15(21)22)5-8-1-2-10-11(6-8)18-3-4-23-16(18)17-10/h1-2,5-7,14H,3-4H2,(H,21,22). The highest BCUT2D eigenvalue weighted by Crippen LogP contribution is 2.45. The molecule has 120 valence electrons. The van der Waals surface area contributed by atoms with E-state index >= 15 is 0 Å². The van der Waals surface area contributed by atoms with Gasteiger partial charge in [0, 0.05) is 17.7 Å². The third kappa shape index (κ3) is 1.83. The number of nitrogens with zero attached hydrogens (tertiary/aromatic N) is 3. The highest BCUT2D eigenvalue weighted by molar-refractivity contribution is 8.03. The van der Waals surface area contributed by atoms with Crippen LogP contribution >= 0.6 is 23.5 Å². The smallest absolute Gasteiger partial charge is 0.353 e. The number of hydrogen-bond donors (Lipinski definition) is 1. The molecule has 4 heterocycles. The van der Waals surface area contributed by atoms with Gasteiger partial charge < -0.3 is 9.67 Å². The quantitative estimate of drug-likeness (QED) is 0.657. The monoisotopic (exact) mass is 357 g/mol. The lowest BCUT2D eigenvalue weighted by Crippen LogP contribution is -2.51. The van der Waals surface area contributed by atoms with Crippen LogP contribution in [0.4, 0.5) is 0 Å². The average molecular weight is 357 g/mol. The Labute approximate surface area is 145 Å². The van der Waals surface area contributed by atoms with Crippen molar-refractivity contribution in [3.63, 3.8) is 0 Å². The molecule has 0 saturated carbocycles. The maximum atomic E-state index is 12.3. The highest BCUT2D eigenvalue weighted by atomic mass is 32.2. The summed E-state index contributed by atoms with van der Waals surface area (Å²) in [6.45, 7) is 0.952. The topological polar surface area (TPSA) is 75.4 Å². The van der Waals surface area contributed by atoms with Gasteiger partial charge in [-0.05, 0) is 23.8 Å². The lowest BCUT2D eigenvalue weighted by atomic mass is 10.0. The Balaban J connectivity index is 1.50. The van der Waals surface area contributed by atoms with Crippen molar-refractivity contribution in [3.05, 3.63) is 40.4 Å². The number of rotatable bonds is 2. The molecule has 1 fully saturated rings. The van der Waals surface area contributed by atoms with E-state index in [1.54, 1.807) is 11.8 Å². The minimum Gasteiger partial charge on any atom is -0.477 e. The number of amides is 1. The molecule has 1 saturated heterocycles. The molecule has 1 atom stereocenters. The highest BCUT2D eigenvalue weighted by Gasteiger charge is 2.49. The molecule has 1 aromatic carbocycles. The van der Waals surface area contributed by atoms with Crippen LogP contribution in [0.1, 0.15) is 5.56 Å². The fraction of sp³-hybridized carbons (Fsp3) is 0.188. The van der Waals surface area contributed by atoms with Crippen LogP contribution in [0, 0.1) is 0 Å². The molecular formula is C16H11N3O3S2. The van der Waals surface area contributed by atoms with E-state index < -0.39 is 5.97 Å². The van der Waals surface area contributed by atoms with E-state index in [1.807, 2.05) is 24.3 Å². The van der Waals surface area contributed by atoms with E-state index in [1.165, 1.54) is 22.1 Å². The Hall–Kier alpha value is -2.19. The number of carbonyl (C=O) groups is 2. The zero-order chi connectivity index (χ0) is 16.4. The number of aryl methyl sites for hydroxylation is 1. The molecule has 8 heteroatoms. The second-order valence-electron chi connectivity index (χ2n) is 5.71. The van der Waals surface area contributed by atoms with Crippen molar-refractivity contribution in [1.82, 2.24) is 14.5 Å². The molecule has 1 N–H and O–H groups in total. The number of imidazole rings is 1. The fourth-order valence-electron chi connectivity index (χ4n) is 3.21. The first-order valence-electron chi connectivity index (χ1n) is 7.40. The molecule has 0 spiro atoms. The van der Waals surface area contributed by atoms with Crippen LogP contribution in [0.3, 0.4) is 0 Å². The van der Waals surface area contributed by atoms with Gasteiger partial charge in [-0.25, -0.2) is 9.78 Å². The molecule has 24 heavy (non-hydrogen) atoms. The van der Waals surface area contributed by atoms with Gasteiger partial charge in [0.1, 0.15) is 11.1 Å². The van der Waals surface area contributed by atoms with E-state index in [0.717, 1.165) is 34.1 Å². The Morgan fingerprint density at radius 2 is 2.29 bits per heavy atom. The van der Waals surface area contributed by atoms with E-state index in [0.29, 0.717) is 5.57 Å². The maximum Gasteiger partial charge on any atom is 0.353 e. The van der Waals surface area contributed by atoms with Gasteiger partial charge in [-0.2, -0.15) is 0 Å². The van der Waals surface area contributed by atoms with Crippen molar-refractivity contribution >= 4 is 52.5 Å². The summed E-state index contributed by atoms with van der Waals surface area (Å²) < 4.78 is 2.20. The summed E-state index contributed by atoms with van der Waals surface area (Å²) in [7, 11) is 0. The number of hydrogen-bond acceptors (Lipinski definition) is 5. The maximum absolute atomic E-state index is 12.3. The Morgan fingerprint density at radius 3 is 3.12 bits per heavy atom. The number of carbonyl (C=O) groups excluding carboxylic acids is 1. The molecule has 0 bridgehead atoms. The predicted octanol–water partition coefficient (Wildman–Crippen LogP) is 2.37. The number of carboxylic acid groups (broad SMARTS) is 1. The average Bonchev–Trinajstić information content (AvgIpc) is 3.24. The summed E-state index contributed by atoms with van der Waals surface area (Å²) in [4.78, 5) is 29.3. The van der Waals surface area contributed by atoms with Crippen molar-refractivity contribution in [1.29, 1.82) is 0 Å². The first-order valence-corrected chi connectivity index (χ1v) is 9.33. The number of thioether (sulfide) groups is 2. The third-order valence-electron chi connectivity index (χ3n) is 4.36. The molecule has 0 radical (unpaired) electrons. The lowest BCUT2D eigenvalue weighted by Gasteiger charge is -2.37. The molecule has 3 aliphatic heterocycles. The van der Waals surface area contributed by atoms with Crippen molar-refractivity contribution in [2.45, 2.75) is 17.1 Å². The lowest BCUT2D eigenvalue weighted by molar-refractivity contribution is -0.141. The molecule has 0 aliphatic carbocycles. The summed E-state index contributed by atoms with van der Waals surface area (Å²) in [5.41, 5.74) is 3.69. The number of carboxylic acids is 1. The van der Waals surface area contributed by atoms with Gasteiger partial charge in [-0.1, -0.05) is 17.8 Å². The Morgan fingerprint density at radius 1 is 1.42 bits per heavy atom. The number of aromatic nitrogens is 2. The molecule has 6 nitrogen and oxygen atoms in total. The van der Waals surface area contributed by atoms with E-state index in [9.17, 15) is 9.59 Å². The number of benzene rings is 1. The van der Waals surface area contributed by atoms with Crippen LogP contribution in [0.5, 0.6) is 0 Å². The van der Waals surface area contributed by atoms with Crippen LogP contribution in [0.2, 0.25) is 0 Å². The molecule has 1 amide bonds. The van der Waals surface area contributed by atoms with Crippen LogP contribution in [-0.2, 0) is 16.1 Å². The van der Waals surface area contributed by atoms with Gasteiger partial charge in [0.05, 0.1) is 16.6 Å². The molecular weight excluding hydrogens is 346 g/mol. The number of β-lactam (4-membered cyclic amide) rings is 1. The first-order chi connectivity index (χ1) is 11.6. The summed E-state index contributed by atoms with van der Waals surface area (Å²) in [6.07, 6.45) is 1.86. The minimum atomic E-state index is -1.06. The first kappa shape index (κ1) is 14.2. The molecule has 1 unspecified atom stereocenters. The number of fused-ring (bicyclic) bond motifs is 4. The third-order valence-corrected chi connectivity index (χ3v) is 6.40. The van der Waals surface area contributed by atoms with E-state index in [4.69, 9.17) is 5.11 Å². The van der Waals surface area contributed by atoms with Crippen LogP contribution in [0.15, 0.2) is 40.0 Å². The van der Waals surface area contributed by atoms with Crippen molar-refractivity contribution in [2.75, 3.05) is 5.75 Å². The van der Waals surface area contributed by atoms with Crippen molar-refractivity contribution < 1.29 is 14.7 Å². The SMILES string of the molecule is O=C(O)C1=CSC2C(=Cc3ccc4nc5n(c4c3)CCS5)C(=O)N12. The van der Waals surface area contributed by atoms with Gasteiger partial charge in [0.15, 0.2) is 5.16 Å². The summed E-state index contributed by atoms with van der Waals surface area (Å²) in [6, 6.07) is 5.97. The van der Waals surface area contributed by atoms with Gasteiger partial charge >= 0.3 is 5.97 Å². The zero-order valence-corrected chi connectivity index (χ0v) is 13.9.